The van der Waals surface area contributed by atoms with E-state index >= 15 is 0 Å². The first kappa shape index (κ1) is 27.2. The lowest BCUT2D eigenvalue weighted by Gasteiger charge is -2.38. The van der Waals surface area contributed by atoms with Crippen LogP contribution in [0.5, 0.6) is 0 Å². The van der Waals surface area contributed by atoms with Gasteiger partial charge >= 0.3 is 6.09 Å². The first-order chi connectivity index (χ1) is 18.5. The summed E-state index contributed by atoms with van der Waals surface area (Å²) >= 11 is 0. The van der Waals surface area contributed by atoms with Gasteiger partial charge in [-0.25, -0.2) is 18.6 Å². The summed E-state index contributed by atoms with van der Waals surface area (Å²) in [6.07, 6.45) is 2.33. The van der Waals surface area contributed by atoms with Gasteiger partial charge in [-0.2, -0.15) is 5.10 Å². The highest BCUT2D eigenvalue weighted by molar-refractivity contribution is 6.04. The molecule has 0 saturated carbocycles. The zero-order valence-corrected chi connectivity index (χ0v) is 23.0. The Morgan fingerprint density at radius 2 is 1.82 bits per heavy atom. The van der Waals surface area contributed by atoms with E-state index in [1.165, 1.54) is 11.9 Å². The highest BCUT2D eigenvalue weighted by Gasteiger charge is 2.48. The second-order valence-electron chi connectivity index (χ2n) is 11.9. The molecule has 2 aromatic carbocycles. The number of carbonyl (C=O) groups excluding carboxylic acids is 2. The third-order valence-electron chi connectivity index (χ3n) is 7.95. The molecule has 3 aliphatic rings. The minimum absolute atomic E-state index is 0.0816. The van der Waals surface area contributed by atoms with Gasteiger partial charge in [0.25, 0.3) is 0 Å². The van der Waals surface area contributed by atoms with E-state index in [0.29, 0.717) is 18.7 Å². The summed E-state index contributed by atoms with van der Waals surface area (Å²) in [7, 11) is 0. The fraction of sp³-hybridized carbons (Fsp3) is 0.500. The Hall–Kier alpha value is -3.33. The number of likely N-dealkylation sites (tertiary alicyclic amines) is 2. The molecule has 0 spiro atoms. The van der Waals surface area contributed by atoms with Gasteiger partial charge in [-0.1, -0.05) is 30.3 Å². The van der Waals surface area contributed by atoms with Crippen molar-refractivity contribution in [2.75, 3.05) is 19.6 Å². The predicted octanol–water partition coefficient (Wildman–Crippen LogP) is 5.29. The molecule has 0 aliphatic carbocycles. The summed E-state index contributed by atoms with van der Waals surface area (Å²) in [5.74, 6) is -1.37. The molecule has 2 bridgehead atoms. The molecule has 2 fully saturated rings. The van der Waals surface area contributed by atoms with Crippen LogP contribution >= 0.6 is 0 Å². The van der Waals surface area contributed by atoms with Gasteiger partial charge < -0.3 is 9.64 Å². The van der Waals surface area contributed by atoms with Gasteiger partial charge in [0, 0.05) is 44.1 Å². The number of piperazine rings is 1. The summed E-state index contributed by atoms with van der Waals surface area (Å²) in [5, 5.41) is 6.02. The van der Waals surface area contributed by atoms with E-state index in [0.717, 1.165) is 49.7 Å². The number of fused-ring (bicyclic) bond motifs is 2. The number of nitrogens with zero attached hydrogens (tertiary/aromatic N) is 4. The molecule has 2 amide bonds. The molecule has 3 aliphatic heterocycles. The monoisotopic (exact) mass is 538 g/mol. The molecule has 2 unspecified atom stereocenters. The van der Waals surface area contributed by atoms with E-state index in [1.54, 1.807) is 0 Å². The van der Waals surface area contributed by atoms with Crippen LogP contribution in [0.15, 0.2) is 53.6 Å². The van der Waals surface area contributed by atoms with E-state index in [1.807, 2.05) is 56.0 Å². The minimum atomic E-state index is -0.803. The molecular weight excluding hydrogens is 502 g/mol. The number of halogens is 2. The number of amides is 2. The quantitative estimate of drug-likeness (QED) is 0.501. The highest BCUT2D eigenvalue weighted by atomic mass is 19.1. The Balaban J connectivity index is 1.32. The van der Waals surface area contributed by atoms with Crippen LogP contribution in [0.4, 0.5) is 13.6 Å². The standard InChI is InChI=1S/C30H36F2N4O3/c1-20(37)36-30(21-9-6-5-7-10-21,17-27(33-36)25-15-22(31)11-12-26(25)32)13-8-14-34-18-24-16-23(34)19-35(24)28(38)39-29(2,3)4/h5-7,9-12,15,23-24H,8,13-14,16-19H2,1-4H3/t23?,24?,30-/m0/s1. The molecule has 7 nitrogen and oxygen atoms in total. The highest BCUT2D eigenvalue weighted by Crippen LogP contribution is 2.44. The maximum absolute atomic E-state index is 14.7. The molecule has 3 heterocycles. The van der Waals surface area contributed by atoms with E-state index in [-0.39, 0.29) is 36.1 Å². The lowest BCUT2D eigenvalue weighted by Crippen LogP contribution is -2.50. The molecular formula is C30H36F2N4O3. The largest absolute Gasteiger partial charge is 0.444 e. The van der Waals surface area contributed by atoms with Crippen LogP contribution in [0.2, 0.25) is 0 Å². The van der Waals surface area contributed by atoms with Gasteiger partial charge in [-0.15, -0.1) is 0 Å². The van der Waals surface area contributed by atoms with Gasteiger partial charge in [0.05, 0.1) is 11.3 Å². The molecule has 39 heavy (non-hydrogen) atoms. The van der Waals surface area contributed by atoms with Crippen molar-refractivity contribution in [1.29, 1.82) is 0 Å². The summed E-state index contributed by atoms with van der Waals surface area (Å²) < 4.78 is 34.4. The van der Waals surface area contributed by atoms with Crippen LogP contribution in [0.1, 0.15) is 64.5 Å². The van der Waals surface area contributed by atoms with Gasteiger partial charge in [0.2, 0.25) is 5.91 Å². The van der Waals surface area contributed by atoms with Crippen molar-refractivity contribution in [3.8, 4) is 0 Å². The van der Waals surface area contributed by atoms with E-state index < -0.39 is 22.8 Å². The number of rotatable bonds is 6. The van der Waals surface area contributed by atoms with Crippen LogP contribution in [0.3, 0.4) is 0 Å². The van der Waals surface area contributed by atoms with Crippen molar-refractivity contribution < 1.29 is 23.1 Å². The second kappa shape index (κ2) is 10.3. The summed E-state index contributed by atoms with van der Waals surface area (Å²) in [5.41, 5.74) is 0.0266. The summed E-state index contributed by atoms with van der Waals surface area (Å²) in [4.78, 5) is 29.8. The molecule has 2 saturated heterocycles. The summed E-state index contributed by atoms with van der Waals surface area (Å²) in [6, 6.07) is 13.4. The SMILES string of the molecule is CC(=O)N1N=C(c2cc(F)ccc2F)C[C@@]1(CCCN1CC2CC1CN2C(=O)OC(C)(C)C)c1ccccc1. The minimum Gasteiger partial charge on any atom is -0.444 e. The van der Waals surface area contributed by atoms with Crippen molar-refractivity contribution in [1.82, 2.24) is 14.8 Å². The van der Waals surface area contributed by atoms with E-state index in [2.05, 4.69) is 10.0 Å². The molecule has 5 rings (SSSR count). The third-order valence-corrected chi connectivity index (χ3v) is 7.95. The zero-order valence-electron chi connectivity index (χ0n) is 23.0. The first-order valence-electron chi connectivity index (χ1n) is 13.6. The Kier molecular flexibility index (Phi) is 7.22. The van der Waals surface area contributed by atoms with Gasteiger partial charge in [-0.05, 0) is 70.3 Å². The molecule has 9 heteroatoms. The smallest absolute Gasteiger partial charge is 0.410 e. The van der Waals surface area contributed by atoms with Crippen molar-refractivity contribution in [3.63, 3.8) is 0 Å². The fourth-order valence-electron chi connectivity index (χ4n) is 6.30. The molecule has 0 radical (unpaired) electrons. The van der Waals surface area contributed by atoms with Gasteiger partial charge in [0.15, 0.2) is 0 Å². The third kappa shape index (κ3) is 5.41. The average molecular weight is 539 g/mol. The van der Waals surface area contributed by atoms with E-state index in [9.17, 15) is 18.4 Å². The van der Waals surface area contributed by atoms with Crippen molar-refractivity contribution in [2.24, 2.45) is 5.10 Å². The number of hydrogen-bond donors (Lipinski definition) is 0. The predicted molar refractivity (Wildman–Crippen MR) is 144 cm³/mol. The Labute approximate surface area is 228 Å². The van der Waals surface area contributed by atoms with Gasteiger partial charge in [-0.3, -0.25) is 9.69 Å². The first-order valence-corrected chi connectivity index (χ1v) is 13.6. The maximum atomic E-state index is 14.7. The summed E-state index contributed by atoms with van der Waals surface area (Å²) in [6.45, 7) is 9.31. The van der Waals surface area contributed by atoms with Crippen LogP contribution in [0.25, 0.3) is 0 Å². The molecule has 0 aromatic heterocycles. The van der Waals surface area contributed by atoms with Crippen LogP contribution < -0.4 is 0 Å². The maximum Gasteiger partial charge on any atom is 0.410 e. The van der Waals surface area contributed by atoms with Crippen LogP contribution in [0, 0.1) is 11.6 Å². The average Bonchev–Trinajstić information content (AvgIpc) is 3.58. The van der Waals surface area contributed by atoms with Crippen molar-refractivity contribution >= 4 is 17.7 Å². The Morgan fingerprint density at radius 1 is 1.08 bits per heavy atom. The molecule has 208 valence electrons. The Morgan fingerprint density at radius 3 is 2.46 bits per heavy atom. The number of hydrogen-bond acceptors (Lipinski definition) is 5. The zero-order chi connectivity index (χ0) is 27.9. The van der Waals surface area contributed by atoms with Crippen LogP contribution in [-0.2, 0) is 15.1 Å². The Bertz CT molecular complexity index is 1280. The molecule has 3 atom stereocenters. The number of ether oxygens (including phenoxy) is 1. The van der Waals surface area contributed by atoms with Crippen molar-refractivity contribution in [3.05, 3.63) is 71.3 Å². The lowest BCUT2D eigenvalue weighted by atomic mass is 9.80. The second-order valence-corrected chi connectivity index (χ2v) is 11.9. The number of carbonyl (C=O) groups is 2. The molecule has 0 N–H and O–H groups in total. The van der Waals surface area contributed by atoms with Crippen molar-refractivity contribution in [2.45, 2.75) is 76.6 Å². The number of hydrazone groups is 1. The van der Waals surface area contributed by atoms with Crippen LogP contribution in [-0.4, -0.2) is 69.8 Å². The normalized spacial score (nSPS) is 24.8. The van der Waals surface area contributed by atoms with E-state index in [4.69, 9.17) is 4.74 Å². The molecule has 2 aromatic rings. The number of benzene rings is 2. The fourth-order valence-corrected chi connectivity index (χ4v) is 6.30. The van der Waals surface area contributed by atoms with Gasteiger partial charge in [0.1, 0.15) is 17.2 Å². The lowest BCUT2D eigenvalue weighted by molar-refractivity contribution is -0.135. The topological polar surface area (TPSA) is 65.5 Å².